The van der Waals surface area contributed by atoms with E-state index in [0.29, 0.717) is 6.61 Å². The molecule has 32 heavy (non-hydrogen) atoms. The van der Waals surface area contributed by atoms with Crippen molar-refractivity contribution in [3.63, 3.8) is 0 Å². The summed E-state index contributed by atoms with van der Waals surface area (Å²) in [6, 6.07) is 0.857. The molecule has 1 rings (SSSR count). The normalized spacial score (nSPS) is 24.2. The van der Waals surface area contributed by atoms with Crippen molar-refractivity contribution in [1.82, 2.24) is 0 Å². The Balaban J connectivity index is 3.18. The van der Waals surface area contributed by atoms with Gasteiger partial charge in [-0.3, -0.25) is 14.4 Å². The number of ether oxygens (including phenoxy) is 6. The molecule has 10 nitrogen and oxygen atoms in total. The second-order valence-corrected chi connectivity index (χ2v) is 14.7. The average molecular weight is 478 g/mol. The molecule has 3 unspecified atom stereocenters. The van der Waals surface area contributed by atoms with Crippen molar-refractivity contribution < 1.29 is 47.6 Å². The maximum absolute atomic E-state index is 11.9. The summed E-state index contributed by atoms with van der Waals surface area (Å²) in [7, 11) is -1.40. The first-order valence-electron chi connectivity index (χ1n) is 10.7. The monoisotopic (exact) mass is 477 g/mol. The first-order valence-corrected chi connectivity index (χ1v) is 14.4. The molecule has 0 saturated carbocycles. The van der Waals surface area contributed by atoms with Gasteiger partial charge in [-0.1, -0.05) is 19.6 Å². The molecule has 0 amide bonds. The van der Waals surface area contributed by atoms with Gasteiger partial charge in [0.25, 0.3) is 0 Å². The van der Waals surface area contributed by atoms with Crippen LogP contribution in [0, 0.1) is 5.92 Å². The van der Waals surface area contributed by atoms with Gasteiger partial charge in [-0.2, -0.15) is 0 Å². The van der Waals surface area contributed by atoms with E-state index in [2.05, 4.69) is 19.6 Å². The van der Waals surface area contributed by atoms with Crippen molar-refractivity contribution in [2.45, 2.75) is 84.4 Å². The fourth-order valence-electron chi connectivity index (χ4n) is 3.26. The number of carbonyl (C=O) groups excluding carboxylic acids is 4. The summed E-state index contributed by atoms with van der Waals surface area (Å²) in [5.41, 5.74) is 0. The minimum Gasteiger partial charge on any atom is -0.463 e. The Morgan fingerprint density at radius 3 is 2.16 bits per heavy atom. The van der Waals surface area contributed by atoms with Crippen LogP contribution in [0.2, 0.25) is 25.7 Å². The van der Waals surface area contributed by atoms with E-state index in [4.69, 9.17) is 28.4 Å². The van der Waals surface area contributed by atoms with Gasteiger partial charge >= 0.3 is 23.9 Å². The quantitative estimate of drug-likeness (QED) is 0.190. The summed E-state index contributed by atoms with van der Waals surface area (Å²) in [5, 5.41) is 0. The number of rotatable bonds is 11. The summed E-state index contributed by atoms with van der Waals surface area (Å²) in [4.78, 5) is 44.3. The van der Waals surface area contributed by atoms with E-state index in [-0.39, 0.29) is 25.6 Å². The van der Waals surface area contributed by atoms with Gasteiger partial charge in [0.15, 0.2) is 19.0 Å². The Kier molecular flexibility index (Phi) is 11.3. The molecule has 0 spiro atoms. The third kappa shape index (κ3) is 11.1. The highest BCUT2D eigenvalue weighted by molar-refractivity contribution is 6.76. The third-order valence-electron chi connectivity index (χ3n) is 4.71. The molecule has 11 heteroatoms. The van der Waals surface area contributed by atoms with Crippen LogP contribution >= 0.6 is 0 Å². The van der Waals surface area contributed by atoms with Crippen LogP contribution in [0.5, 0.6) is 0 Å². The van der Waals surface area contributed by atoms with Gasteiger partial charge in [-0.05, 0) is 12.5 Å². The molecule has 1 aliphatic heterocycles. The largest absolute Gasteiger partial charge is 0.479 e. The van der Waals surface area contributed by atoms with E-state index in [1.165, 1.54) is 27.7 Å². The molecule has 1 N–H and O–H groups in total. The maximum Gasteiger partial charge on any atom is 0.479 e. The van der Waals surface area contributed by atoms with Crippen molar-refractivity contribution in [3.05, 3.63) is 0 Å². The van der Waals surface area contributed by atoms with Gasteiger partial charge in [-0.25, -0.2) is 0 Å². The number of carbonyl (C=O) groups is 3. The molecule has 184 valence electrons. The van der Waals surface area contributed by atoms with Crippen LogP contribution in [0.1, 0.15) is 34.1 Å². The summed E-state index contributed by atoms with van der Waals surface area (Å²) in [6.45, 7) is 12.0. The molecule has 0 aromatic carbocycles. The second-order valence-electron chi connectivity index (χ2n) is 9.06. The van der Waals surface area contributed by atoms with E-state index in [1.807, 2.05) is 0 Å². The predicted molar refractivity (Wildman–Crippen MR) is 117 cm³/mol. The van der Waals surface area contributed by atoms with Crippen LogP contribution in [0.25, 0.3) is 0 Å². The molecule has 0 aromatic rings. The summed E-state index contributed by atoms with van der Waals surface area (Å²) < 4.78 is 33.3. The van der Waals surface area contributed by atoms with E-state index in [9.17, 15) is 19.2 Å². The zero-order chi connectivity index (χ0) is 24.5. The minimum absolute atomic E-state index is 0.0331. The first kappa shape index (κ1) is 28.1. The Labute approximate surface area is 190 Å². The Bertz CT molecular complexity index is 659. The molecular formula is C21H37O10Si+. The van der Waals surface area contributed by atoms with Crippen molar-refractivity contribution >= 4 is 32.0 Å². The molecule has 1 heterocycles. The maximum atomic E-state index is 11.9. The number of hydrogen-bond donors (Lipinski definition) is 0. The molecule has 1 saturated heterocycles. The topological polar surface area (TPSA) is 128 Å². The lowest BCUT2D eigenvalue weighted by Gasteiger charge is -2.41. The predicted octanol–water partition coefficient (Wildman–Crippen LogP) is 2.04. The Morgan fingerprint density at radius 2 is 1.66 bits per heavy atom. The molecule has 0 bridgehead atoms. The lowest BCUT2D eigenvalue weighted by Crippen LogP contribution is -2.55. The zero-order valence-corrected chi connectivity index (χ0v) is 21.0. The number of esters is 4. The van der Waals surface area contributed by atoms with E-state index in [1.54, 1.807) is 0 Å². The number of hydrogen-bond acceptors (Lipinski definition) is 9. The van der Waals surface area contributed by atoms with Gasteiger partial charge in [0.2, 0.25) is 6.10 Å². The smallest absolute Gasteiger partial charge is 0.463 e. The van der Waals surface area contributed by atoms with E-state index in [0.717, 1.165) is 6.04 Å². The summed E-state index contributed by atoms with van der Waals surface area (Å²) in [5.74, 6) is -2.44. The van der Waals surface area contributed by atoms with Crippen LogP contribution in [0.4, 0.5) is 0 Å². The van der Waals surface area contributed by atoms with Crippen molar-refractivity contribution in [2.24, 2.45) is 5.92 Å². The SMILES string of the molecule is CC(=O)OCC1C[C@H](C(COC(C)=O)OC(C)=[OH+])C(OC(C)=O)[C@H](OCC[Si](C)(C)C)O1. The van der Waals surface area contributed by atoms with Crippen molar-refractivity contribution in [2.75, 3.05) is 19.8 Å². The fraction of sp³-hybridized carbons (Fsp3) is 0.810. The summed E-state index contributed by atoms with van der Waals surface area (Å²) in [6.07, 6.45) is -3.01. The summed E-state index contributed by atoms with van der Waals surface area (Å²) >= 11 is 0. The van der Waals surface area contributed by atoms with Crippen LogP contribution < -0.4 is 0 Å². The third-order valence-corrected chi connectivity index (χ3v) is 6.42. The lowest BCUT2D eigenvalue weighted by molar-refractivity contribution is -0.275. The van der Waals surface area contributed by atoms with Gasteiger partial charge in [0.05, 0.1) is 18.9 Å². The van der Waals surface area contributed by atoms with Crippen molar-refractivity contribution in [3.8, 4) is 0 Å². The highest BCUT2D eigenvalue weighted by Crippen LogP contribution is 2.33. The van der Waals surface area contributed by atoms with E-state index >= 15 is 0 Å². The molecule has 1 aliphatic rings. The zero-order valence-electron chi connectivity index (χ0n) is 20.0. The Morgan fingerprint density at radius 1 is 1.03 bits per heavy atom. The fourth-order valence-corrected chi connectivity index (χ4v) is 3.99. The van der Waals surface area contributed by atoms with Crippen LogP contribution in [-0.4, -0.2) is 81.2 Å². The van der Waals surface area contributed by atoms with Gasteiger partial charge in [0.1, 0.15) is 6.61 Å². The molecule has 0 aliphatic carbocycles. The van der Waals surface area contributed by atoms with Gasteiger partial charge in [-0.15, -0.1) is 0 Å². The second kappa shape index (κ2) is 12.9. The van der Waals surface area contributed by atoms with Crippen LogP contribution in [0.3, 0.4) is 0 Å². The molecular weight excluding hydrogens is 440 g/mol. The van der Waals surface area contributed by atoms with Crippen LogP contribution in [0.15, 0.2) is 0 Å². The molecule has 5 atom stereocenters. The molecule has 0 aromatic heterocycles. The highest BCUT2D eigenvalue weighted by atomic mass is 28.3. The minimum atomic E-state index is -1.40. The van der Waals surface area contributed by atoms with Gasteiger partial charge in [0, 0.05) is 35.5 Å². The molecule has 0 radical (unpaired) electrons. The highest BCUT2D eigenvalue weighted by Gasteiger charge is 2.49. The Hall–Kier alpha value is -1.98. The standard InChI is InChI=1S/C21H36O10Si/c1-13(22)27-11-17-10-18(19(29-15(3)24)12-28-14(2)23)20(30-16(4)25)21(31-17)26-8-9-32(5,6)7/h17-21H,8-12H2,1-7H3/p+1/t17?,18-,19?,20?,21-/m1/s1. The lowest BCUT2D eigenvalue weighted by atomic mass is 9.87. The van der Waals surface area contributed by atoms with Crippen molar-refractivity contribution in [1.29, 1.82) is 0 Å². The average Bonchev–Trinajstić information content (AvgIpc) is 2.63. The first-order chi connectivity index (χ1) is 14.8. The van der Waals surface area contributed by atoms with Gasteiger partial charge < -0.3 is 33.2 Å². The molecule has 1 fully saturated rings. The van der Waals surface area contributed by atoms with Crippen LogP contribution in [-0.2, 0) is 42.8 Å². The van der Waals surface area contributed by atoms with E-state index < -0.39 is 56.5 Å².